The molecule has 2 aromatic carbocycles. The molecular weight excluding hydrogens is 407 g/mol. The van der Waals surface area contributed by atoms with Crippen molar-refractivity contribution in [2.24, 2.45) is 0 Å². The fourth-order valence-electron chi connectivity index (χ4n) is 2.55. The Morgan fingerprint density at radius 2 is 1.76 bits per heavy atom. The molecule has 1 heterocycles. The largest absolute Gasteiger partial charge is 0.482 e. The van der Waals surface area contributed by atoms with E-state index < -0.39 is 29.5 Å². The van der Waals surface area contributed by atoms with Gasteiger partial charge in [-0.25, -0.2) is 4.79 Å². The second-order valence-electron chi connectivity index (χ2n) is 5.88. The molecule has 3 rings (SSSR count). The number of carbonyl (C=O) groups excluding carboxylic acids is 1. The summed E-state index contributed by atoms with van der Waals surface area (Å²) in [5.41, 5.74) is 0.562. The molecule has 0 saturated carbocycles. The smallest absolute Gasteiger partial charge is 0.426 e. The van der Waals surface area contributed by atoms with Gasteiger partial charge in [-0.1, -0.05) is 36.4 Å². The van der Waals surface area contributed by atoms with Gasteiger partial charge < -0.3 is 15.2 Å². The summed E-state index contributed by atoms with van der Waals surface area (Å²) in [5, 5.41) is 11.1. The van der Waals surface area contributed by atoms with Gasteiger partial charge in [0.15, 0.2) is 6.61 Å². The number of benzene rings is 2. The van der Waals surface area contributed by atoms with Crippen LogP contribution in [0.25, 0.3) is 11.1 Å². The average Bonchev–Trinajstić information content (AvgIpc) is 3.14. The first kappa shape index (κ1) is 20.4. The Hall–Kier alpha value is -3.33. The topological polar surface area (TPSA) is 75.6 Å². The van der Waals surface area contributed by atoms with Gasteiger partial charge in [0.1, 0.15) is 10.6 Å². The molecule has 0 saturated heterocycles. The Labute approximate surface area is 167 Å². The number of alkyl halides is 3. The van der Waals surface area contributed by atoms with E-state index in [2.05, 4.69) is 5.32 Å². The van der Waals surface area contributed by atoms with E-state index in [9.17, 15) is 22.8 Å². The van der Waals surface area contributed by atoms with Crippen molar-refractivity contribution in [1.29, 1.82) is 0 Å². The number of nitrogens with one attached hydrogen (secondary N) is 1. The van der Waals surface area contributed by atoms with Crippen molar-refractivity contribution in [3.63, 3.8) is 0 Å². The SMILES string of the molecule is O=C(O)COc1cccc(NC(=O)c2cc(-c3ccccc3)c(C(F)(F)F)s2)c1. The molecule has 0 aliphatic carbocycles. The standard InChI is InChI=1S/C20H14F3NO4S/c21-20(22,23)18-15(12-5-2-1-3-6-12)10-16(29-18)19(27)24-13-7-4-8-14(9-13)28-11-17(25)26/h1-10H,11H2,(H,24,27)(H,25,26). The van der Waals surface area contributed by atoms with Crippen molar-refractivity contribution < 1.29 is 32.6 Å². The van der Waals surface area contributed by atoms with E-state index >= 15 is 0 Å². The quantitative estimate of drug-likeness (QED) is 0.577. The van der Waals surface area contributed by atoms with Gasteiger partial charge >= 0.3 is 12.1 Å². The summed E-state index contributed by atoms with van der Waals surface area (Å²) in [6.45, 7) is -0.558. The summed E-state index contributed by atoms with van der Waals surface area (Å²) in [5.74, 6) is -1.67. The van der Waals surface area contributed by atoms with Crippen molar-refractivity contribution >= 4 is 28.9 Å². The molecule has 0 fully saturated rings. The van der Waals surface area contributed by atoms with Gasteiger partial charge in [-0.3, -0.25) is 4.79 Å². The lowest BCUT2D eigenvalue weighted by Crippen LogP contribution is -2.11. The number of ether oxygens (including phenoxy) is 1. The number of carboxylic acid groups (broad SMARTS) is 1. The van der Waals surface area contributed by atoms with Gasteiger partial charge in [0.05, 0.1) is 4.88 Å². The molecule has 150 valence electrons. The van der Waals surface area contributed by atoms with Crippen molar-refractivity contribution in [3.8, 4) is 16.9 Å². The van der Waals surface area contributed by atoms with Crippen LogP contribution in [0.15, 0.2) is 60.7 Å². The molecule has 29 heavy (non-hydrogen) atoms. The minimum Gasteiger partial charge on any atom is -0.482 e. The lowest BCUT2D eigenvalue weighted by molar-refractivity contribution is -0.139. The molecule has 0 bridgehead atoms. The number of hydrogen-bond donors (Lipinski definition) is 2. The molecule has 3 aromatic rings. The van der Waals surface area contributed by atoms with Crippen LogP contribution >= 0.6 is 11.3 Å². The molecule has 1 aromatic heterocycles. The van der Waals surface area contributed by atoms with E-state index in [0.29, 0.717) is 16.9 Å². The molecule has 0 aliphatic heterocycles. The Kier molecular flexibility index (Phi) is 5.88. The predicted octanol–water partition coefficient (Wildman–Crippen LogP) is 5.15. The van der Waals surface area contributed by atoms with Crippen molar-refractivity contribution in [2.75, 3.05) is 11.9 Å². The number of thiophene rings is 1. The number of carbonyl (C=O) groups is 2. The van der Waals surface area contributed by atoms with Gasteiger partial charge in [0, 0.05) is 17.3 Å². The van der Waals surface area contributed by atoms with Crippen LogP contribution in [0.3, 0.4) is 0 Å². The number of rotatable bonds is 6. The van der Waals surface area contributed by atoms with Crippen molar-refractivity contribution in [1.82, 2.24) is 0 Å². The highest BCUT2D eigenvalue weighted by molar-refractivity contribution is 7.14. The van der Waals surface area contributed by atoms with Crippen LogP contribution in [0.1, 0.15) is 14.5 Å². The lowest BCUT2D eigenvalue weighted by Gasteiger charge is -2.07. The minimum absolute atomic E-state index is 0.0632. The number of aliphatic carboxylic acids is 1. The molecule has 0 radical (unpaired) electrons. The lowest BCUT2D eigenvalue weighted by atomic mass is 10.1. The number of carboxylic acids is 1. The van der Waals surface area contributed by atoms with Gasteiger partial charge in [0.25, 0.3) is 5.91 Å². The predicted molar refractivity (Wildman–Crippen MR) is 102 cm³/mol. The summed E-state index contributed by atoms with van der Waals surface area (Å²) < 4.78 is 45.4. The summed E-state index contributed by atoms with van der Waals surface area (Å²) in [4.78, 5) is 22.1. The molecule has 2 N–H and O–H groups in total. The Morgan fingerprint density at radius 3 is 2.41 bits per heavy atom. The molecule has 0 aliphatic rings. The summed E-state index contributed by atoms with van der Waals surface area (Å²) in [6.07, 6.45) is -4.60. The molecule has 5 nitrogen and oxygen atoms in total. The van der Waals surface area contributed by atoms with E-state index in [-0.39, 0.29) is 21.9 Å². The van der Waals surface area contributed by atoms with Gasteiger partial charge in [-0.05, 0) is 23.8 Å². The van der Waals surface area contributed by atoms with Crippen LogP contribution in [0, 0.1) is 0 Å². The Bertz CT molecular complexity index is 1030. The summed E-state index contributed by atoms with van der Waals surface area (Å²) in [6, 6.07) is 15.2. The zero-order chi connectivity index (χ0) is 21.0. The monoisotopic (exact) mass is 421 g/mol. The molecular formula is C20H14F3NO4S. The highest BCUT2D eigenvalue weighted by Gasteiger charge is 2.37. The molecule has 9 heteroatoms. The second kappa shape index (κ2) is 8.36. The Morgan fingerprint density at radius 1 is 1.03 bits per heavy atom. The van der Waals surface area contributed by atoms with Gasteiger partial charge in [-0.2, -0.15) is 13.2 Å². The molecule has 0 atom stereocenters. The van der Waals surface area contributed by atoms with Crippen LogP contribution in [0.4, 0.5) is 18.9 Å². The van der Waals surface area contributed by atoms with E-state index in [1.54, 1.807) is 30.3 Å². The zero-order valence-corrected chi connectivity index (χ0v) is 15.5. The maximum atomic E-state index is 13.5. The van der Waals surface area contributed by atoms with Crippen LogP contribution in [0.5, 0.6) is 5.75 Å². The third-order valence-corrected chi connectivity index (χ3v) is 4.93. The first-order valence-corrected chi connectivity index (χ1v) is 9.08. The number of anilines is 1. The highest BCUT2D eigenvalue weighted by Crippen LogP contribution is 2.42. The fraction of sp³-hybridized carbons (Fsp3) is 0.100. The van der Waals surface area contributed by atoms with Crippen molar-refractivity contribution in [2.45, 2.75) is 6.18 Å². The summed E-state index contributed by atoms with van der Waals surface area (Å²) in [7, 11) is 0. The van der Waals surface area contributed by atoms with Crippen LogP contribution in [0.2, 0.25) is 0 Å². The van der Waals surface area contributed by atoms with Crippen LogP contribution < -0.4 is 10.1 Å². The van der Waals surface area contributed by atoms with E-state index in [1.165, 1.54) is 30.3 Å². The van der Waals surface area contributed by atoms with Crippen molar-refractivity contribution in [3.05, 3.63) is 70.4 Å². The van der Waals surface area contributed by atoms with E-state index in [1.807, 2.05) is 0 Å². The van der Waals surface area contributed by atoms with Crippen LogP contribution in [-0.4, -0.2) is 23.6 Å². The Balaban J connectivity index is 1.86. The molecule has 0 spiro atoms. The number of amides is 1. The third kappa shape index (κ3) is 5.14. The fourth-order valence-corrected chi connectivity index (χ4v) is 3.49. The highest BCUT2D eigenvalue weighted by atomic mass is 32.1. The summed E-state index contributed by atoms with van der Waals surface area (Å²) >= 11 is 0.361. The third-order valence-electron chi connectivity index (χ3n) is 3.75. The number of halogens is 3. The van der Waals surface area contributed by atoms with Crippen LogP contribution in [-0.2, 0) is 11.0 Å². The molecule has 1 amide bonds. The second-order valence-corrected chi connectivity index (χ2v) is 6.93. The van der Waals surface area contributed by atoms with E-state index in [0.717, 1.165) is 0 Å². The average molecular weight is 421 g/mol. The van der Waals surface area contributed by atoms with E-state index in [4.69, 9.17) is 9.84 Å². The maximum absolute atomic E-state index is 13.5. The van der Waals surface area contributed by atoms with Gasteiger partial charge in [-0.15, -0.1) is 11.3 Å². The first-order valence-electron chi connectivity index (χ1n) is 8.26. The number of hydrogen-bond acceptors (Lipinski definition) is 4. The van der Waals surface area contributed by atoms with Gasteiger partial charge in [0.2, 0.25) is 0 Å². The normalized spacial score (nSPS) is 11.1. The zero-order valence-electron chi connectivity index (χ0n) is 14.7. The maximum Gasteiger partial charge on any atom is 0.426 e. The first-order chi connectivity index (χ1) is 13.7. The molecule has 0 unspecified atom stereocenters. The minimum atomic E-state index is -4.60.